The maximum absolute atomic E-state index is 13.2. The Morgan fingerprint density at radius 2 is 1.22 bits per heavy atom. The molecule has 2 atom stereocenters. The molecule has 0 aliphatic carbocycles. The molecule has 0 aromatic heterocycles. The summed E-state index contributed by atoms with van der Waals surface area (Å²) in [4.78, 5) is 29.6. The van der Waals surface area contributed by atoms with Gasteiger partial charge in [0.05, 0.1) is 11.1 Å². The molecule has 1 rings (SSSR count). The standard InChI is InChI=1S/C26H43BrN2O3/c1-7-11-13-19(9-3)17-28(5)25(31)22-15-21(27)16-23(24(22)30)26(32)29(6)18-20(10-4)14-12-8-2/h15-16,19-20,30H,7-14,17-18H2,1-6H3. The van der Waals surface area contributed by atoms with Gasteiger partial charge >= 0.3 is 0 Å². The summed E-state index contributed by atoms with van der Waals surface area (Å²) in [6, 6.07) is 3.21. The number of nitrogens with zero attached hydrogens (tertiary/aromatic N) is 2. The normalized spacial score (nSPS) is 13.0. The molecular weight excluding hydrogens is 468 g/mol. The van der Waals surface area contributed by atoms with Crippen LogP contribution < -0.4 is 0 Å². The first-order valence-corrected chi connectivity index (χ1v) is 13.0. The van der Waals surface area contributed by atoms with Crippen LogP contribution in [0.1, 0.15) is 99.8 Å². The minimum atomic E-state index is -0.259. The second kappa shape index (κ2) is 14.6. The molecule has 5 nitrogen and oxygen atoms in total. The SMILES string of the molecule is CCCCC(CC)CN(C)C(=O)c1cc(Br)cc(C(=O)N(C)CC(CC)CCCC)c1O. The van der Waals surface area contributed by atoms with Crippen LogP contribution in [0.4, 0.5) is 0 Å². The largest absolute Gasteiger partial charge is 0.506 e. The summed E-state index contributed by atoms with van der Waals surface area (Å²) in [5.74, 6) is 0.110. The predicted octanol–water partition coefficient (Wildman–Crippen LogP) is 6.73. The molecule has 1 N–H and O–H groups in total. The first-order valence-electron chi connectivity index (χ1n) is 12.2. The quantitative estimate of drug-likeness (QED) is 0.301. The van der Waals surface area contributed by atoms with E-state index in [1.54, 1.807) is 36.0 Å². The summed E-state index contributed by atoms with van der Waals surface area (Å²) in [6.07, 6.45) is 8.74. The highest BCUT2D eigenvalue weighted by Crippen LogP contribution is 2.30. The second-order valence-corrected chi connectivity index (χ2v) is 9.97. The highest BCUT2D eigenvalue weighted by atomic mass is 79.9. The number of carbonyl (C=O) groups excluding carboxylic acids is 2. The highest BCUT2D eigenvalue weighted by molar-refractivity contribution is 9.10. The molecule has 0 aliphatic heterocycles. The van der Waals surface area contributed by atoms with Crippen molar-refractivity contribution in [3.05, 3.63) is 27.7 Å². The van der Waals surface area contributed by atoms with E-state index in [0.29, 0.717) is 29.4 Å². The van der Waals surface area contributed by atoms with Crippen molar-refractivity contribution in [2.75, 3.05) is 27.2 Å². The lowest BCUT2D eigenvalue weighted by molar-refractivity contribution is 0.0759. The van der Waals surface area contributed by atoms with Crippen LogP contribution in [0.15, 0.2) is 16.6 Å². The summed E-state index contributed by atoms with van der Waals surface area (Å²) in [5.41, 5.74) is 0.337. The van der Waals surface area contributed by atoms with Gasteiger partial charge in [-0.1, -0.05) is 82.1 Å². The zero-order chi connectivity index (χ0) is 24.3. The fraction of sp³-hybridized carbons (Fsp3) is 0.692. The number of hydrogen-bond donors (Lipinski definition) is 1. The van der Waals surface area contributed by atoms with E-state index in [0.717, 1.165) is 51.4 Å². The third kappa shape index (κ3) is 8.42. The van der Waals surface area contributed by atoms with Gasteiger partial charge in [-0.15, -0.1) is 0 Å². The zero-order valence-corrected chi connectivity index (χ0v) is 22.5. The van der Waals surface area contributed by atoms with Crippen molar-refractivity contribution in [3.63, 3.8) is 0 Å². The number of amides is 2. The Bertz CT molecular complexity index is 681. The molecule has 2 unspecified atom stereocenters. The molecule has 1 aromatic carbocycles. The molecule has 1 aromatic rings. The van der Waals surface area contributed by atoms with Crippen LogP contribution in [0.3, 0.4) is 0 Å². The van der Waals surface area contributed by atoms with E-state index >= 15 is 0 Å². The number of halogens is 1. The number of carbonyl (C=O) groups is 2. The lowest BCUT2D eigenvalue weighted by Gasteiger charge is -2.26. The molecule has 0 aliphatic rings. The van der Waals surface area contributed by atoms with E-state index in [9.17, 15) is 14.7 Å². The van der Waals surface area contributed by atoms with E-state index < -0.39 is 0 Å². The van der Waals surface area contributed by atoms with Gasteiger partial charge in [0.15, 0.2) is 0 Å². The molecule has 0 radical (unpaired) electrons. The minimum absolute atomic E-state index is 0.169. The maximum Gasteiger partial charge on any atom is 0.257 e. The van der Waals surface area contributed by atoms with Gasteiger partial charge in [-0.25, -0.2) is 0 Å². The maximum atomic E-state index is 13.2. The Balaban J connectivity index is 3.05. The number of phenolic OH excluding ortho intramolecular Hbond substituents is 1. The van der Waals surface area contributed by atoms with E-state index in [-0.39, 0.29) is 28.7 Å². The Morgan fingerprint density at radius 3 is 1.53 bits per heavy atom. The van der Waals surface area contributed by atoms with Crippen LogP contribution in [-0.2, 0) is 0 Å². The van der Waals surface area contributed by atoms with Crippen LogP contribution in [0.5, 0.6) is 5.75 Å². The Morgan fingerprint density at radius 1 is 0.844 bits per heavy atom. The first kappa shape index (κ1) is 28.5. The van der Waals surface area contributed by atoms with Gasteiger partial charge in [0, 0.05) is 31.7 Å². The second-order valence-electron chi connectivity index (χ2n) is 9.05. The van der Waals surface area contributed by atoms with Gasteiger partial charge in [-0.2, -0.15) is 0 Å². The summed E-state index contributed by atoms with van der Waals surface area (Å²) < 4.78 is 0.611. The predicted molar refractivity (Wildman–Crippen MR) is 136 cm³/mol. The summed E-state index contributed by atoms with van der Waals surface area (Å²) >= 11 is 3.43. The lowest BCUT2D eigenvalue weighted by Crippen LogP contribution is -2.33. The molecular formula is C26H43BrN2O3. The fourth-order valence-electron chi connectivity index (χ4n) is 4.11. The summed E-state index contributed by atoms with van der Waals surface area (Å²) in [6.45, 7) is 9.91. The van der Waals surface area contributed by atoms with Crippen molar-refractivity contribution < 1.29 is 14.7 Å². The summed E-state index contributed by atoms with van der Waals surface area (Å²) in [5, 5.41) is 10.9. The van der Waals surface area contributed by atoms with E-state index in [2.05, 4.69) is 43.6 Å². The lowest BCUT2D eigenvalue weighted by atomic mass is 9.98. The van der Waals surface area contributed by atoms with Crippen LogP contribution in [0.25, 0.3) is 0 Å². The van der Waals surface area contributed by atoms with Crippen molar-refractivity contribution in [2.45, 2.75) is 79.1 Å². The number of unbranched alkanes of at least 4 members (excludes halogenated alkanes) is 2. The number of benzene rings is 1. The third-order valence-electron chi connectivity index (χ3n) is 6.38. The topological polar surface area (TPSA) is 60.9 Å². The number of phenols is 1. The fourth-order valence-corrected chi connectivity index (χ4v) is 4.57. The molecule has 0 bridgehead atoms. The smallest absolute Gasteiger partial charge is 0.257 e. The Hall–Kier alpha value is -1.56. The molecule has 0 spiro atoms. The van der Waals surface area contributed by atoms with Gasteiger partial charge in [0.2, 0.25) is 0 Å². The third-order valence-corrected chi connectivity index (χ3v) is 6.84. The van der Waals surface area contributed by atoms with E-state index in [1.807, 2.05) is 0 Å². The average Bonchev–Trinajstić information content (AvgIpc) is 2.79. The average molecular weight is 512 g/mol. The van der Waals surface area contributed by atoms with Crippen molar-refractivity contribution in [1.29, 1.82) is 0 Å². The number of aromatic hydroxyl groups is 1. The van der Waals surface area contributed by atoms with E-state index in [4.69, 9.17) is 0 Å². The first-order chi connectivity index (χ1) is 15.2. The summed E-state index contributed by atoms with van der Waals surface area (Å²) in [7, 11) is 3.54. The van der Waals surface area contributed by atoms with Crippen molar-refractivity contribution >= 4 is 27.7 Å². The molecule has 182 valence electrons. The van der Waals surface area contributed by atoms with Crippen molar-refractivity contribution in [1.82, 2.24) is 9.80 Å². The van der Waals surface area contributed by atoms with E-state index in [1.165, 1.54) is 0 Å². The van der Waals surface area contributed by atoms with Crippen LogP contribution >= 0.6 is 15.9 Å². The van der Waals surface area contributed by atoms with Crippen LogP contribution in [-0.4, -0.2) is 53.9 Å². The molecule has 0 saturated carbocycles. The number of hydrogen-bond acceptors (Lipinski definition) is 3. The molecule has 0 heterocycles. The van der Waals surface area contributed by atoms with Gasteiger partial charge in [0.1, 0.15) is 5.75 Å². The molecule has 6 heteroatoms. The van der Waals surface area contributed by atoms with Gasteiger partial charge < -0.3 is 14.9 Å². The van der Waals surface area contributed by atoms with Gasteiger partial charge in [0.25, 0.3) is 11.8 Å². The van der Waals surface area contributed by atoms with Crippen molar-refractivity contribution in [3.8, 4) is 5.75 Å². The molecule has 32 heavy (non-hydrogen) atoms. The highest BCUT2D eigenvalue weighted by Gasteiger charge is 2.26. The van der Waals surface area contributed by atoms with Gasteiger partial charge in [-0.05, 0) is 36.8 Å². The van der Waals surface area contributed by atoms with Gasteiger partial charge in [-0.3, -0.25) is 9.59 Å². The minimum Gasteiger partial charge on any atom is -0.506 e. The van der Waals surface area contributed by atoms with Crippen LogP contribution in [0.2, 0.25) is 0 Å². The molecule has 0 saturated heterocycles. The zero-order valence-electron chi connectivity index (χ0n) is 20.9. The van der Waals surface area contributed by atoms with Crippen molar-refractivity contribution in [2.24, 2.45) is 11.8 Å². The monoisotopic (exact) mass is 510 g/mol. The molecule has 2 amide bonds. The Kier molecular flexibility index (Phi) is 13.0. The number of rotatable bonds is 14. The molecule has 0 fully saturated rings. The van der Waals surface area contributed by atoms with Crippen LogP contribution in [0, 0.1) is 11.8 Å². The Labute approximate surface area is 203 Å².